The number of cyclic esters (lactones) is 1. The number of carbonyl (C=O) groups excluding carboxylic acids is 1. The van der Waals surface area contributed by atoms with Gasteiger partial charge in [-0.15, -0.1) is 0 Å². The van der Waals surface area contributed by atoms with Crippen molar-refractivity contribution < 1.29 is 9.53 Å². The molecule has 1 heterocycles. The van der Waals surface area contributed by atoms with E-state index in [0.717, 1.165) is 25.7 Å². The molecular weight excluding hydrogens is 188 g/mol. The molecule has 1 aliphatic heterocycles. The second-order valence-electron chi connectivity index (χ2n) is 5.02. The summed E-state index contributed by atoms with van der Waals surface area (Å²) in [4.78, 5) is 11.6. The molecule has 2 atom stereocenters. The van der Waals surface area contributed by atoms with Crippen LogP contribution in [0.3, 0.4) is 0 Å². The minimum Gasteiger partial charge on any atom is -0.465 e. The summed E-state index contributed by atoms with van der Waals surface area (Å²) >= 11 is 0. The Morgan fingerprint density at radius 1 is 1.33 bits per heavy atom. The van der Waals surface area contributed by atoms with Crippen LogP contribution in [0.15, 0.2) is 0 Å². The Kier molecular flexibility index (Phi) is 4.62. The van der Waals surface area contributed by atoms with Gasteiger partial charge in [0.1, 0.15) is 0 Å². The highest BCUT2D eigenvalue weighted by Crippen LogP contribution is 2.42. The second-order valence-corrected chi connectivity index (χ2v) is 5.02. The Bertz CT molecular complexity index is 213. The van der Waals surface area contributed by atoms with Crippen molar-refractivity contribution >= 4 is 5.97 Å². The lowest BCUT2D eigenvalue weighted by Gasteiger charge is -2.33. The third kappa shape index (κ3) is 2.96. The first-order valence-corrected chi connectivity index (χ1v) is 6.30. The van der Waals surface area contributed by atoms with Crippen LogP contribution in [0.2, 0.25) is 0 Å². The Balaban J connectivity index is 2.65. The highest BCUT2D eigenvalue weighted by atomic mass is 16.5. The van der Waals surface area contributed by atoms with Crippen LogP contribution in [-0.4, -0.2) is 12.6 Å². The molecule has 15 heavy (non-hydrogen) atoms. The van der Waals surface area contributed by atoms with Gasteiger partial charge in [-0.3, -0.25) is 4.79 Å². The highest BCUT2D eigenvalue weighted by molar-refractivity contribution is 5.75. The van der Waals surface area contributed by atoms with Gasteiger partial charge in [0, 0.05) is 0 Å². The van der Waals surface area contributed by atoms with Crippen LogP contribution in [0.4, 0.5) is 0 Å². The van der Waals surface area contributed by atoms with Crippen LogP contribution in [-0.2, 0) is 9.53 Å². The molecule has 2 nitrogen and oxygen atoms in total. The van der Waals surface area contributed by atoms with Crippen LogP contribution < -0.4 is 0 Å². The summed E-state index contributed by atoms with van der Waals surface area (Å²) in [5, 5.41) is 0. The zero-order valence-electron chi connectivity index (χ0n) is 10.3. The largest absolute Gasteiger partial charge is 0.465 e. The molecule has 1 aliphatic rings. The molecule has 0 spiro atoms. The number of ether oxygens (including phenoxy) is 1. The molecule has 0 aromatic heterocycles. The lowest BCUT2D eigenvalue weighted by molar-refractivity contribution is -0.144. The molecule has 0 N–H and O–H groups in total. The van der Waals surface area contributed by atoms with Gasteiger partial charge in [-0.25, -0.2) is 0 Å². The molecule has 1 rings (SSSR count). The van der Waals surface area contributed by atoms with Crippen molar-refractivity contribution in [3.8, 4) is 0 Å². The number of unbranched alkanes of at least 4 members (excludes halogenated alkanes) is 1. The van der Waals surface area contributed by atoms with E-state index in [1.165, 1.54) is 12.8 Å². The summed E-state index contributed by atoms with van der Waals surface area (Å²) in [5.74, 6) is 0.200. The third-order valence-corrected chi connectivity index (χ3v) is 3.70. The van der Waals surface area contributed by atoms with E-state index in [4.69, 9.17) is 4.74 Å². The van der Waals surface area contributed by atoms with Crippen molar-refractivity contribution in [2.45, 2.75) is 59.3 Å². The topological polar surface area (TPSA) is 26.3 Å². The number of rotatable bonds is 6. The van der Waals surface area contributed by atoms with Gasteiger partial charge in [-0.1, -0.05) is 40.0 Å². The van der Waals surface area contributed by atoms with Crippen molar-refractivity contribution in [3.05, 3.63) is 0 Å². The van der Waals surface area contributed by atoms with Crippen molar-refractivity contribution in [1.82, 2.24) is 0 Å². The number of hydrogen-bond acceptors (Lipinski definition) is 2. The van der Waals surface area contributed by atoms with Gasteiger partial charge < -0.3 is 4.74 Å². The second kappa shape index (κ2) is 5.53. The summed E-state index contributed by atoms with van der Waals surface area (Å²) in [6.45, 7) is 7.31. The summed E-state index contributed by atoms with van der Waals surface area (Å²) < 4.78 is 5.10. The Morgan fingerprint density at radius 3 is 2.53 bits per heavy atom. The van der Waals surface area contributed by atoms with Gasteiger partial charge in [0.05, 0.1) is 12.5 Å². The fourth-order valence-electron chi connectivity index (χ4n) is 2.75. The number of carbonyl (C=O) groups is 1. The normalized spacial score (nSPS) is 25.0. The molecule has 1 fully saturated rings. The molecule has 0 amide bonds. The first-order chi connectivity index (χ1) is 7.14. The molecule has 0 saturated carbocycles. The van der Waals surface area contributed by atoms with Gasteiger partial charge in [0.25, 0.3) is 0 Å². The van der Waals surface area contributed by atoms with E-state index in [1.807, 2.05) is 0 Å². The molecule has 2 unspecified atom stereocenters. The molecule has 0 bridgehead atoms. The van der Waals surface area contributed by atoms with Gasteiger partial charge in [0.15, 0.2) is 0 Å². The van der Waals surface area contributed by atoms with Gasteiger partial charge in [-0.2, -0.15) is 0 Å². The summed E-state index contributed by atoms with van der Waals surface area (Å²) in [5.41, 5.74) is 0.179. The average Bonchev–Trinajstić information content (AvgIpc) is 2.62. The molecule has 0 aromatic rings. The predicted octanol–water partition coefficient (Wildman–Crippen LogP) is 3.55. The molecule has 2 heteroatoms. The molecule has 1 saturated heterocycles. The van der Waals surface area contributed by atoms with E-state index >= 15 is 0 Å². The SMILES string of the molecule is CCCCC(C)(CCC)C1CCOC1=O. The maximum absolute atomic E-state index is 11.6. The number of hydrogen-bond donors (Lipinski definition) is 0. The van der Waals surface area contributed by atoms with E-state index in [1.54, 1.807) is 0 Å². The first kappa shape index (κ1) is 12.5. The van der Waals surface area contributed by atoms with Crippen LogP contribution in [0.1, 0.15) is 59.3 Å². The standard InChI is InChI=1S/C13H24O2/c1-4-6-9-13(3,8-5-2)11-7-10-15-12(11)14/h11H,4-10H2,1-3H3. The van der Waals surface area contributed by atoms with E-state index in [9.17, 15) is 4.79 Å². The molecule has 88 valence electrons. The smallest absolute Gasteiger partial charge is 0.309 e. The predicted molar refractivity (Wildman–Crippen MR) is 61.6 cm³/mol. The fraction of sp³-hybridized carbons (Fsp3) is 0.923. The lowest BCUT2D eigenvalue weighted by atomic mass is 9.70. The van der Waals surface area contributed by atoms with Crippen molar-refractivity contribution in [3.63, 3.8) is 0 Å². The maximum atomic E-state index is 11.6. The van der Waals surface area contributed by atoms with Crippen LogP contribution in [0.25, 0.3) is 0 Å². The van der Waals surface area contributed by atoms with Crippen LogP contribution in [0.5, 0.6) is 0 Å². The minimum atomic E-state index is 0.0436. The molecule has 0 aromatic carbocycles. The molecule has 0 aliphatic carbocycles. The van der Waals surface area contributed by atoms with Gasteiger partial charge in [0.2, 0.25) is 0 Å². The fourth-order valence-corrected chi connectivity index (χ4v) is 2.75. The Morgan fingerprint density at radius 2 is 2.07 bits per heavy atom. The zero-order valence-corrected chi connectivity index (χ0v) is 10.3. The van der Waals surface area contributed by atoms with Crippen molar-refractivity contribution in [2.75, 3.05) is 6.61 Å². The summed E-state index contributed by atoms with van der Waals surface area (Å²) in [6.07, 6.45) is 6.83. The van der Waals surface area contributed by atoms with E-state index in [2.05, 4.69) is 20.8 Å². The van der Waals surface area contributed by atoms with Crippen molar-refractivity contribution in [1.29, 1.82) is 0 Å². The molecular formula is C13H24O2. The Hall–Kier alpha value is -0.530. The van der Waals surface area contributed by atoms with Crippen LogP contribution >= 0.6 is 0 Å². The van der Waals surface area contributed by atoms with E-state index < -0.39 is 0 Å². The molecule has 0 radical (unpaired) electrons. The van der Waals surface area contributed by atoms with Crippen molar-refractivity contribution in [2.24, 2.45) is 11.3 Å². The first-order valence-electron chi connectivity index (χ1n) is 6.30. The quantitative estimate of drug-likeness (QED) is 0.629. The average molecular weight is 212 g/mol. The highest BCUT2D eigenvalue weighted by Gasteiger charge is 2.41. The summed E-state index contributed by atoms with van der Waals surface area (Å²) in [6, 6.07) is 0. The minimum absolute atomic E-state index is 0.0436. The monoisotopic (exact) mass is 212 g/mol. The maximum Gasteiger partial charge on any atom is 0.309 e. The number of esters is 1. The van der Waals surface area contributed by atoms with E-state index in [0.29, 0.717) is 6.61 Å². The Labute approximate surface area is 93.4 Å². The van der Waals surface area contributed by atoms with E-state index in [-0.39, 0.29) is 17.3 Å². The van der Waals surface area contributed by atoms with Crippen LogP contribution in [0, 0.1) is 11.3 Å². The van der Waals surface area contributed by atoms with Gasteiger partial charge >= 0.3 is 5.97 Å². The zero-order chi connectivity index (χ0) is 11.3. The van der Waals surface area contributed by atoms with Gasteiger partial charge in [-0.05, 0) is 24.7 Å². The third-order valence-electron chi connectivity index (χ3n) is 3.70. The lowest BCUT2D eigenvalue weighted by Crippen LogP contribution is -2.30. The summed E-state index contributed by atoms with van der Waals surface area (Å²) in [7, 11) is 0.